The summed E-state index contributed by atoms with van der Waals surface area (Å²) in [6.45, 7) is 2.25. The molecule has 2 rings (SSSR count). The van der Waals surface area contributed by atoms with Crippen LogP contribution in [0, 0.1) is 0 Å². The maximum atomic E-state index is 12.5. The monoisotopic (exact) mass is 362 g/mol. The van der Waals surface area contributed by atoms with Gasteiger partial charge in [-0.1, -0.05) is 0 Å². The fourth-order valence-electron chi connectivity index (χ4n) is 3.05. The van der Waals surface area contributed by atoms with Gasteiger partial charge in [-0.25, -0.2) is 0 Å². The van der Waals surface area contributed by atoms with E-state index in [1.165, 1.54) is 14.0 Å². The Morgan fingerprint density at radius 1 is 1.27 bits per heavy atom. The summed E-state index contributed by atoms with van der Waals surface area (Å²) in [4.78, 5) is 39.4. The number of hydrogen-bond donors (Lipinski definition) is 2. The molecule has 26 heavy (non-hydrogen) atoms. The van der Waals surface area contributed by atoms with Crippen molar-refractivity contribution in [2.75, 3.05) is 44.9 Å². The molecular formula is C18H26N4O4. The van der Waals surface area contributed by atoms with Gasteiger partial charge in [0.25, 0.3) is 0 Å². The zero-order chi connectivity index (χ0) is 19.3. The second kappa shape index (κ2) is 8.66. The lowest BCUT2D eigenvalue weighted by Gasteiger charge is -2.25. The van der Waals surface area contributed by atoms with Crippen LogP contribution in [0.5, 0.6) is 5.75 Å². The molecule has 2 N–H and O–H groups in total. The summed E-state index contributed by atoms with van der Waals surface area (Å²) in [6, 6.07) is 4.75. The second-order valence-corrected chi connectivity index (χ2v) is 6.51. The van der Waals surface area contributed by atoms with Crippen molar-refractivity contribution >= 4 is 29.1 Å². The molecular weight excluding hydrogens is 336 g/mol. The Morgan fingerprint density at radius 2 is 2.00 bits per heavy atom. The van der Waals surface area contributed by atoms with Crippen LogP contribution in [0.15, 0.2) is 18.2 Å². The molecule has 3 amide bonds. The van der Waals surface area contributed by atoms with Crippen LogP contribution >= 0.6 is 0 Å². The molecule has 0 spiro atoms. The molecule has 142 valence electrons. The van der Waals surface area contributed by atoms with Crippen molar-refractivity contribution in [3.05, 3.63) is 18.2 Å². The maximum absolute atomic E-state index is 12.5. The summed E-state index contributed by atoms with van der Waals surface area (Å²) in [5.74, 6) is 0.0756. The molecule has 1 atom stereocenters. The summed E-state index contributed by atoms with van der Waals surface area (Å²) >= 11 is 0. The van der Waals surface area contributed by atoms with Crippen LogP contribution in [0.3, 0.4) is 0 Å². The summed E-state index contributed by atoms with van der Waals surface area (Å²) in [5.41, 5.74) is 1.04. The van der Waals surface area contributed by atoms with Crippen molar-refractivity contribution < 1.29 is 19.1 Å². The lowest BCUT2D eigenvalue weighted by Crippen LogP contribution is -2.45. The van der Waals surface area contributed by atoms with Gasteiger partial charge in [-0.05, 0) is 37.6 Å². The van der Waals surface area contributed by atoms with Crippen LogP contribution in [-0.4, -0.2) is 67.9 Å². The van der Waals surface area contributed by atoms with Crippen LogP contribution < -0.4 is 15.4 Å². The molecule has 1 aliphatic rings. The number of nitrogens with zero attached hydrogens (tertiary/aromatic N) is 2. The fourth-order valence-corrected chi connectivity index (χ4v) is 3.05. The van der Waals surface area contributed by atoms with Crippen molar-refractivity contribution in [2.24, 2.45) is 0 Å². The molecule has 0 saturated carbocycles. The first kappa shape index (κ1) is 19.7. The number of likely N-dealkylation sites (N-methyl/N-ethyl adjacent to an activating group) is 1. The Balaban J connectivity index is 2.07. The summed E-state index contributed by atoms with van der Waals surface area (Å²) < 4.78 is 5.27. The number of likely N-dealkylation sites (tertiary alicyclic amines) is 1. The molecule has 1 aliphatic heterocycles. The van der Waals surface area contributed by atoms with E-state index < -0.39 is 0 Å². The van der Waals surface area contributed by atoms with Gasteiger partial charge >= 0.3 is 0 Å². The van der Waals surface area contributed by atoms with Gasteiger partial charge in [0.2, 0.25) is 17.7 Å². The molecule has 0 radical (unpaired) electrons. The molecule has 1 unspecified atom stereocenters. The molecule has 1 aromatic rings. The van der Waals surface area contributed by atoms with Gasteiger partial charge in [0.1, 0.15) is 5.75 Å². The number of methoxy groups -OCH3 is 1. The lowest BCUT2D eigenvalue weighted by atomic mass is 10.2. The minimum absolute atomic E-state index is 0.0144. The molecule has 0 bridgehead atoms. The third kappa shape index (κ3) is 4.95. The number of rotatable bonds is 6. The molecule has 1 fully saturated rings. The van der Waals surface area contributed by atoms with E-state index >= 15 is 0 Å². The molecule has 8 nitrogen and oxygen atoms in total. The fraction of sp³-hybridized carbons (Fsp3) is 0.500. The van der Waals surface area contributed by atoms with E-state index in [4.69, 9.17) is 4.74 Å². The normalized spacial score (nSPS) is 16.8. The average molecular weight is 362 g/mol. The van der Waals surface area contributed by atoms with E-state index in [0.717, 1.165) is 12.8 Å². The smallest absolute Gasteiger partial charge is 0.239 e. The van der Waals surface area contributed by atoms with E-state index in [0.29, 0.717) is 23.7 Å². The zero-order valence-electron chi connectivity index (χ0n) is 15.7. The van der Waals surface area contributed by atoms with E-state index in [9.17, 15) is 14.4 Å². The SMILES string of the molecule is COc1ccc(NC(C)=O)cc1NC(=O)CN1CCCC1C(=O)N(C)C. The van der Waals surface area contributed by atoms with E-state index in [2.05, 4.69) is 10.6 Å². The summed E-state index contributed by atoms with van der Waals surface area (Å²) in [6.07, 6.45) is 1.64. The summed E-state index contributed by atoms with van der Waals surface area (Å²) in [7, 11) is 4.95. The van der Waals surface area contributed by atoms with Crippen LogP contribution in [0.25, 0.3) is 0 Å². The standard InChI is InChI=1S/C18H26N4O4/c1-12(23)19-13-7-8-16(26-4)14(10-13)20-17(24)11-22-9-5-6-15(22)18(25)21(2)3/h7-8,10,15H,5-6,9,11H2,1-4H3,(H,19,23)(H,20,24). The predicted molar refractivity (Wildman–Crippen MR) is 99.2 cm³/mol. The van der Waals surface area contributed by atoms with E-state index in [1.54, 1.807) is 37.2 Å². The van der Waals surface area contributed by atoms with Crippen molar-refractivity contribution in [2.45, 2.75) is 25.8 Å². The molecule has 0 aromatic heterocycles. The van der Waals surface area contributed by atoms with Gasteiger partial charge in [-0.2, -0.15) is 0 Å². The van der Waals surface area contributed by atoms with Crippen molar-refractivity contribution in [3.63, 3.8) is 0 Å². The predicted octanol–water partition coefficient (Wildman–Crippen LogP) is 1.14. The number of hydrogen-bond acceptors (Lipinski definition) is 5. The van der Waals surface area contributed by atoms with E-state index in [1.807, 2.05) is 4.90 Å². The largest absolute Gasteiger partial charge is 0.495 e. The number of ether oxygens (including phenoxy) is 1. The van der Waals surface area contributed by atoms with Gasteiger partial charge in [0.05, 0.1) is 25.4 Å². The Bertz CT molecular complexity index is 690. The first-order chi connectivity index (χ1) is 12.3. The van der Waals surface area contributed by atoms with Crippen LogP contribution in [-0.2, 0) is 14.4 Å². The van der Waals surface area contributed by atoms with Crippen molar-refractivity contribution in [1.82, 2.24) is 9.80 Å². The Kier molecular flexibility index (Phi) is 6.57. The van der Waals surface area contributed by atoms with Crippen LogP contribution in [0.1, 0.15) is 19.8 Å². The summed E-state index contributed by atoms with van der Waals surface area (Å²) in [5, 5.41) is 5.48. The van der Waals surface area contributed by atoms with Gasteiger partial charge in [0.15, 0.2) is 0 Å². The third-order valence-corrected chi connectivity index (χ3v) is 4.23. The highest BCUT2D eigenvalue weighted by atomic mass is 16.5. The molecule has 8 heteroatoms. The van der Waals surface area contributed by atoms with Gasteiger partial charge in [0, 0.05) is 26.7 Å². The van der Waals surface area contributed by atoms with Crippen LogP contribution in [0.4, 0.5) is 11.4 Å². The highest BCUT2D eigenvalue weighted by Gasteiger charge is 2.32. The zero-order valence-corrected chi connectivity index (χ0v) is 15.7. The van der Waals surface area contributed by atoms with E-state index in [-0.39, 0.29) is 30.3 Å². The lowest BCUT2D eigenvalue weighted by molar-refractivity contribution is -0.134. The Morgan fingerprint density at radius 3 is 2.62 bits per heavy atom. The number of nitrogens with one attached hydrogen (secondary N) is 2. The number of carbonyl (C=O) groups is 3. The first-order valence-corrected chi connectivity index (χ1v) is 8.52. The molecule has 1 saturated heterocycles. The average Bonchev–Trinajstić information content (AvgIpc) is 3.01. The minimum Gasteiger partial charge on any atom is -0.495 e. The van der Waals surface area contributed by atoms with Gasteiger partial charge < -0.3 is 20.3 Å². The second-order valence-electron chi connectivity index (χ2n) is 6.51. The number of benzene rings is 1. The molecule has 0 aliphatic carbocycles. The first-order valence-electron chi connectivity index (χ1n) is 8.52. The number of amides is 3. The highest BCUT2D eigenvalue weighted by molar-refractivity contribution is 5.96. The number of anilines is 2. The Hall–Kier alpha value is -2.61. The van der Waals surface area contributed by atoms with Crippen molar-refractivity contribution in [1.29, 1.82) is 0 Å². The molecule has 1 heterocycles. The van der Waals surface area contributed by atoms with Crippen molar-refractivity contribution in [3.8, 4) is 5.75 Å². The highest BCUT2D eigenvalue weighted by Crippen LogP contribution is 2.28. The minimum atomic E-state index is -0.261. The Labute approximate surface area is 153 Å². The van der Waals surface area contributed by atoms with Gasteiger partial charge in [-0.3, -0.25) is 19.3 Å². The third-order valence-electron chi connectivity index (χ3n) is 4.23. The molecule has 1 aromatic carbocycles. The van der Waals surface area contributed by atoms with Crippen LogP contribution in [0.2, 0.25) is 0 Å². The van der Waals surface area contributed by atoms with Gasteiger partial charge in [-0.15, -0.1) is 0 Å². The number of carbonyl (C=O) groups excluding carboxylic acids is 3. The maximum Gasteiger partial charge on any atom is 0.239 e. The quantitative estimate of drug-likeness (QED) is 0.792. The topological polar surface area (TPSA) is 91.0 Å².